The molecule has 3 N–H and O–H groups in total. The lowest BCUT2D eigenvalue weighted by Gasteiger charge is -2.01. The van der Waals surface area contributed by atoms with Crippen LogP contribution in [0, 0.1) is 13.8 Å². The van der Waals surface area contributed by atoms with Gasteiger partial charge in [0.1, 0.15) is 11.3 Å². The summed E-state index contributed by atoms with van der Waals surface area (Å²) < 4.78 is 5.56. The van der Waals surface area contributed by atoms with Gasteiger partial charge in [0.05, 0.1) is 5.69 Å². The second-order valence-electron chi connectivity index (χ2n) is 4.60. The molecule has 0 aliphatic heterocycles. The zero-order valence-corrected chi connectivity index (χ0v) is 11.0. The molecule has 0 amide bonds. The van der Waals surface area contributed by atoms with Crippen molar-refractivity contribution in [2.75, 3.05) is 6.54 Å². The number of benzene rings is 1. The molecule has 0 saturated heterocycles. The van der Waals surface area contributed by atoms with Gasteiger partial charge >= 0.3 is 0 Å². The van der Waals surface area contributed by atoms with Crippen LogP contribution in [0.1, 0.15) is 17.4 Å². The third-order valence-corrected chi connectivity index (χ3v) is 3.06. The third-order valence-electron chi connectivity index (χ3n) is 3.06. The predicted octanol–water partition coefficient (Wildman–Crippen LogP) is 2.34. The number of aromatic nitrogens is 3. The highest BCUT2D eigenvalue weighted by molar-refractivity contribution is 5.79. The molecule has 0 aliphatic carbocycles. The van der Waals surface area contributed by atoms with E-state index in [0.29, 0.717) is 12.4 Å². The van der Waals surface area contributed by atoms with E-state index in [1.54, 1.807) is 0 Å². The quantitative estimate of drug-likeness (QED) is 0.753. The van der Waals surface area contributed by atoms with Crippen LogP contribution in [0.4, 0.5) is 0 Å². The lowest BCUT2D eigenvalue weighted by Crippen LogP contribution is -2.04. The first-order valence-corrected chi connectivity index (χ1v) is 6.30. The number of nitrogens with one attached hydrogen (secondary N) is 1. The number of oxazole rings is 1. The molecule has 0 fully saturated rings. The average Bonchev–Trinajstić information content (AvgIpc) is 2.90. The second kappa shape index (κ2) is 4.51. The summed E-state index contributed by atoms with van der Waals surface area (Å²) in [6, 6.07) is 5.95. The van der Waals surface area contributed by atoms with Gasteiger partial charge in [0.2, 0.25) is 0 Å². The van der Waals surface area contributed by atoms with Crippen molar-refractivity contribution in [1.29, 1.82) is 0 Å². The number of H-pyrrole nitrogens is 1. The fraction of sp³-hybridized carbons (Fsp3) is 0.286. The van der Waals surface area contributed by atoms with E-state index >= 15 is 0 Å². The van der Waals surface area contributed by atoms with Gasteiger partial charge in [-0.05, 0) is 25.6 Å². The van der Waals surface area contributed by atoms with E-state index < -0.39 is 0 Å². The van der Waals surface area contributed by atoms with Crippen molar-refractivity contribution in [2.45, 2.75) is 20.3 Å². The average molecular weight is 256 g/mol. The summed E-state index contributed by atoms with van der Waals surface area (Å²) >= 11 is 0. The highest BCUT2D eigenvalue weighted by Crippen LogP contribution is 2.26. The zero-order valence-electron chi connectivity index (χ0n) is 11.0. The summed E-state index contributed by atoms with van der Waals surface area (Å²) in [6.07, 6.45) is 0.781. The second-order valence-corrected chi connectivity index (χ2v) is 4.60. The Labute approximate surface area is 110 Å². The van der Waals surface area contributed by atoms with Crippen LogP contribution in [0.2, 0.25) is 0 Å². The molecule has 0 unspecified atom stereocenters. The maximum absolute atomic E-state index is 5.63. The van der Waals surface area contributed by atoms with Crippen LogP contribution in [-0.4, -0.2) is 21.5 Å². The van der Waals surface area contributed by atoms with Gasteiger partial charge in [0.15, 0.2) is 11.5 Å². The number of nitrogens with two attached hydrogens (primary N) is 1. The topological polar surface area (TPSA) is 80.7 Å². The first-order chi connectivity index (χ1) is 9.17. The van der Waals surface area contributed by atoms with Gasteiger partial charge in [0, 0.05) is 24.6 Å². The van der Waals surface area contributed by atoms with Crippen LogP contribution < -0.4 is 5.73 Å². The molecule has 2 aromatic heterocycles. The van der Waals surface area contributed by atoms with Crippen molar-refractivity contribution in [2.24, 2.45) is 5.73 Å². The standard InChI is InChI=1S/C14H16N4O/c1-8-16-12(5-6-15)14(17-8)10-3-4-11-13(7-10)19-9(2)18-11/h3-4,7H,5-6,15H2,1-2H3,(H,16,17). The number of aryl methyl sites for hydroxylation is 2. The Morgan fingerprint density at radius 2 is 2.11 bits per heavy atom. The van der Waals surface area contributed by atoms with Crippen molar-refractivity contribution < 1.29 is 4.42 Å². The molecule has 0 saturated carbocycles. The molecule has 3 aromatic rings. The number of imidazole rings is 1. The van der Waals surface area contributed by atoms with E-state index in [2.05, 4.69) is 15.0 Å². The Balaban J connectivity index is 2.12. The van der Waals surface area contributed by atoms with Gasteiger partial charge in [-0.2, -0.15) is 0 Å². The fourth-order valence-electron chi connectivity index (χ4n) is 2.29. The summed E-state index contributed by atoms with van der Waals surface area (Å²) in [5.74, 6) is 1.57. The first-order valence-electron chi connectivity index (χ1n) is 6.30. The highest BCUT2D eigenvalue weighted by atomic mass is 16.3. The van der Waals surface area contributed by atoms with Gasteiger partial charge in [0.25, 0.3) is 0 Å². The minimum absolute atomic E-state index is 0.596. The maximum atomic E-state index is 5.63. The SMILES string of the molecule is Cc1nc(-c2ccc3nc(C)oc3c2)c(CCN)[nH]1. The van der Waals surface area contributed by atoms with E-state index in [1.165, 1.54) is 0 Å². The van der Waals surface area contributed by atoms with Crippen molar-refractivity contribution >= 4 is 11.1 Å². The Kier molecular flexibility index (Phi) is 2.83. The van der Waals surface area contributed by atoms with Crippen LogP contribution in [0.25, 0.3) is 22.4 Å². The minimum Gasteiger partial charge on any atom is -0.441 e. The van der Waals surface area contributed by atoms with Crippen LogP contribution in [-0.2, 0) is 6.42 Å². The molecule has 1 aromatic carbocycles. The Morgan fingerprint density at radius 1 is 1.26 bits per heavy atom. The van der Waals surface area contributed by atoms with Crippen molar-refractivity contribution in [3.05, 3.63) is 35.6 Å². The van der Waals surface area contributed by atoms with Gasteiger partial charge in [-0.15, -0.1) is 0 Å². The molecule has 98 valence electrons. The Hall–Kier alpha value is -2.14. The first kappa shape index (κ1) is 11.9. The third kappa shape index (κ3) is 2.13. The van der Waals surface area contributed by atoms with Crippen LogP contribution in [0.3, 0.4) is 0 Å². The number of nitrogens with zero attached hydrogens (tertiary/aromatic N) is 2. The summed E-state index contributed by atoms with van der Waals surface area (Å²) in [5, 5.41) is 0. The summed E-state index contributed by atoms with van der Waals surface area (Å²) in [5.41, 5.74) is 10.3. The fourth-order valence-corrected chi connectivity index (χ4v) is 2.29. The molecule has 5 heteroatoms. The van der Waals surface area contributed by atoms with E-state index in [9.17, 15) is 0 Å². The van der Waals surface area contributed by atoms with Gasteiger partial charge < -0.3 is 15.1 Å². The summed E-state index contributed by atoms with van der Waals surface area (Å²) in [7, 11) is 0. The molecule has 5 nitrogen and oxygen atoms in total. The molecule has 0 atom stereocenters. The highest BCUT2D eigenvalue weighted by Gasteiger charge is 2.12. The molecule has 3 rings (SSSR count). The van der Waals surface area contributed by atoms with Crippen LogP contribution >= 0.6 is 0 Å². The number of aromatic amines is 1. The van der Waals surface area contributed by atoms with Crippen molar-refractivity contribution in [3.8, 4) is 11.3 Å². The smallest absolute Gasteiger partial charge is 0.192 e. The monoisotopic (exact) mass is 256 g/mol. The molecular formula is C14H16N4O. The van der Waals surface area contributed by atoms with Crippen LogP contribution in [0.15, 0.2) is 22.6 Å². The van der Waals surface area contributed by atoms with E-state index in [1.807, 2.05) is 32.0 Å². The lowest BCUT2D eigenvalue weighted by molar-refractivity contribution is 0.561. The zero-order chi connectivity index (χ0) is 13.4. The number of rotatable bonds is 3. The molecule has 0 radical (unpaired) electrons. The Morgan fingerprint density at radius 3 is 2.89 bits per heavy atom. The normalized spacial score (nSPS) is 11.3. The lowest BCUT2D eigenvalue weighted by atomic mass is 10.1. The largest absolute Gasteiger partial charge is 0.441 e. The molecule has 0 spiro atoms. The number of fused-ring (bicyclic) bond motifs is 1. The molecule has 0 aliphatic rings. The van der Waals surface area contributed by atoms with Crippen molar-refractivity contribution in [1.82, 2.24) is 15.0 Å². The maximum Gasteiger partial charge on any atom is 0.192 e. The van der Waals surface area contributed by atoms with Crippen LogP contribution in [0.5, 0.6) is 0 Å². The molecule has 19 heavy (non-hydrogen) atoms. The molecular weight excluding hydrogens is 240 g/mol. The summed E-state index contributed by atoms with van der Waals surface area (Å²) in [6.45, 7) is 4.39. The number of hydrogen-bond acceptors (Lipinski definition) is 4. The minimum atomic E-state index is 0.596. The van der Waals surface area contributed by atoms with Gasteiger partial charge in [-0.25, -0.2) is 9.97 Å². The van der Waals surface area contributed by atoms with E-state index in [0.717, 1.165) is 40.3 Å². The molecule has 0 bridgehead atoms. The predicted molar refractivity (Wildman–Crippen MR) is 73.8 cm³/mol. The molecule has 2 heterocycles. The number of hydrogen-bond donors (Lipinski definition) is 2. The van der Waals surface area contributed by atoms with E-state index in [-0.39, 0.29) is 0 Å². The van der Waals surface area contributed by atoms with E-state index in [4.69, 9.17) is 10.2 Å². The van der Waals surface area contributed by atoms with Gasteiger partial charge in [-0.3, -0.25) is 0 Å². The van der Waals surface area contributed by atoms with Gasteiger partial charge in [-0.1, -0.05) is 6.07 Å². The summed E-state index contributed by atoms with van der Waals surface area (Å²) in [4.78, 5) is 12.1. The Bertz CT molecular complexity index is 726. The van der Waals surface area contributed by atoms with Crippen molar-refractivity contribution in [3.63, 3.8) is 0 Å².